The van der Waals surface area contributed by atoms with Crippen LogP contribution in [0.2, 0.25) is 5.02 Å². The van der Waals surface area contributed by atoms with Crippen LogP contribution in [0.25, 0.3) is 10.1 Å². The summed E-state index contributed by atoms with van der Waals surface area (Å²) in [5.41, 5.74) is 0. The number of hydrogen-bond donors (Lipinski definition) is 2. The number of carbonyl (C=O) groups excluding carboxylic acids is 2. The van der Waals surface area contributed by atoms with Crippen molar-refractivity contribution in [1.82, 2.24) is 10.6 Å². The van der Waals surface area contributed by atoms with Gasteiger partial charge in [0.15, 0.2) is 0 Å². The molecule has 3 rings (SSSR count). The number of amides is 2. The van der Waals surface area contributed by atoms with Gasteiger partial charge in [0.2, 0.25) is 5.91 Å². The molecule has 2 N–H and O–H groups in total. The van der Waals surface area contributed by atoms with Crippen LogP contribution in [0.3, 0.4) is 0 Å². The Labute approximate surface area is 144 Å². The van der Waals surface area contributed by atoms with Crippen molar-refractivity contribution >= 4 is 44.8 Å². The van der Waals surface area contributed by atoms with Gasteiger partial charge in [0.1, 0.15) is 4.88 Å². The number of carbonyl (C=O) groups is 2. The summed E-state index contributed by atoms with van der Waals surface area (Å²) in [5, 5.41) is 6.97. The number of halogens is 1. The van der Waals surface area contributed by atoms with E-state index >= 15 is 0 Å². The largest absolute Gasteiger partial charge is 0.352 e. The Bertz CT molecular complexity index is 722. The Kier molecular flexibility index (Phi) is 5.18. The molecule has 1 saturated carbocycles. The summed E-state index contributed by atoms with van der Waals surface area (Å²) in [6.07, 6.45) is 5.63. The molecule has 2 aromatic rings. The van der Waals surface area contributed by atoms with Crippen LogP contribution in [0.1, 0.15) is 41.8 Å². The number of rotatable bonds is 4. The zero-order chi connectivity index (χ0) is 16.2. The first-order chi connectivity index (χ1) is 11.1. The van der Waals surface area contributed by atoms with Crippen molar-refractivity contribution in [1.29, 1.82) is 0 Å². The first-order valence-electron chi connectivity index (χ1n) is 7.90. The van der Waals surface area contributed by atoms with Gasteiger partial charge >= 0.3 is 0 Å². The summed E-state index contributed by atoms with van der Waals surface area (Å²) in [6, 6.07) is 7.87. The van der Waals surface area contributed by atoms with Gasteiger partial charge in [-0.3, -0.25) is 9.59 Å². The van der Waals surface area contributed by atoms with E-state index in [9.17, 15) is 9.59 Å². The molecule has 1 aliphatic rings. The molecule has 1 aliphatic carbocycles. The van der Waals surface area contributed by atoms with Crippen LogP contribution in [0, 0.1) is 0 Å². The zero-order valence-electron chi connectivity index (χ0n) is 12.7. The summed E-state index contributed by atoms with van der Waals surface area (Å²) in [4.78, 5) is 24.7. The summed E-state index contributed by atoms with van der Waals surface area (Å²) in [7, 11) is 0. The molecule has 23 heavy (non-hydrogen) atoms. The third kappa shape index (κ3) is 3.85. The lowest BCUT2D eigenvalue weighted by molar-refractivity contribution is -0.121. The fraction of sp³-hybridized carbons (Fsp3) is 0.412. The van der Waals surface area contributed by atoms with Gasteiger partial charge in [-0.2, -0.15) is 0 Å². The van der Waals surface area contributed by atoms with E-state index < -0.39 is 0 Å². The molecule has 0 spiro atoms. The second-order valence-corrected chi connectivity index (χ2v) is 7.26. The Balaban J connectivity index is 1.57. The molecule has 2 amide bonds. The maximum Gasteiger partial charge on any atom is 0.263 e. The minimum atomic E-state index is -0.296. The van der Waals surface area contributed by atoms with Crippen LogP contribution in [0.5, 0.6) is 0 Å². The number of hydrogen-bond acceptors (Lipinski definition) is 3. The molecule has 122 valence electrons. The molecule has 1 fully saturated rings. The Morgan fingerprint density at radius 1 is 1.17 bits per heavy atom. The van der Waals surface area contributed by atoms with Gasteiger partial charge in [-0.1, -0.05) is 49.1 Å². The molecule has 1 heterocycles. The smallest absolute Gasteiger partial charge is 0.263 e. The van der Waals surface area contributed by atoms with Crippen molar-refractivity contribution in [2.75, 3.05) is 6.54 Å². The highest BCUT2D eigenvalue weighted by Gasteiger charge is 2.19. The first kappa shape index (κ1) is 16.3. The number of benzene rings is 1. The molecule has 0 atom stereocenters. The van der Waals surface area contributed by atoms with Crippen molar-refractivity contribution in [2.24, 2.45) is 0 Å². The van der Waals surface area contributed by atoms with Crippen LogP contribution in [-0.2, 0) is 4.79 Å². The van der Waals surface area contributed by atoms with E-state index in [1.54, 1.807) is 0 Å². The van der Waals surface area contributed by atoms with E-state index in [0.717, 1.165) is 35.8 Å². The molecule has 0 unspecified atom stereocenters. The van der Waals surface area contributed by atoms with E-state index in [1.165, 1.54) is 17.8 Å². The topological polar surface area (TPSA) is 58.2 Å². The van der Waals surface area contributed by atoms with E-state index in [-0.39, 0.29) is 24.4 Å². The molecule has 0 aliphatic heterocycles. The third-order valence-electron chi connectivity index (χ3n) is 4.12. The van der Waals surface area contributed by atoms with Crippen molar-refractivity contribution in [3.05, 3.63) is 34.2 Å². The van der Waals surface area contributed by atoms with E-state index in [2.05, 4.69) is 10.6 Å². The number of thiophene rings is 1. The quantitative estimate of drug-likeness (QED) is 0.882. The fourth-order valence-electron chi connectivity index (χ4n) is 2.93. The highest BCUT2D eigenvalue weighted by atomic mass is 35.5. The minimum Gasteiger partial charge on any atom is -0.352 e. The molecular formula is C17H19ClN2O2S. The summed E-state index contributed by atoms with van der Waals surface area (Å²) >= 11 is 7.62. The predicted octanol–water partition coefficient (Wildman–Crippen LogP) is 3.73. The lowest BCUT2D eigenvalue weighted by Gasteiger charge is -2.22. The number of nitrogens with one attached hydrogen (secondary N) is 2. The monoisotopic (exact) mass is 350 g/mol. The van der Waals surface area contributed by atoms with Crippen LogP contribution in [-0.4, -0.2) is 24.4 Å². The van der Waals surface area contributed by atoms with Crippen molar-refractivity contribution in [2.45, 2.75) is 38.1 Å². The highest BCUT2D eigenvalue weighted by Crippen LogP contribution is 2.34. The first-order valence-corrected chi connectivity index (χ1v) is 9.09. The third-order valence-corrected chi connectivity index (χ3v) is 5.80. The van der Waals surface area contributed by atoms with Crippen LogP contribution in [0.4, 0.5) is 0 Å². The van der Waals surface area contributed by atoms with E-state index in [1.807, 2.05) is 24.3 Å². The second kappa shape index (κ2) is 7.32. The van der Waals surface area contributed by atoms with Gasteiger partial charge in [0, 0.05) is 16.1 Å². The standard InChI is InChI=1S/C17H19ClN2O2S/c18-15-12-8-4-5-9-13(12)23-16(15)17(22)19-10-14(21)20-11-6-2-1-3-7-11/h4-5,8-9,11H,1-3,6-7,10H2,(H,19,22)(H,20,21). The summed E-state index contributed by atoms with van der Waals surface area (Å²) in [6.45, 7) is -0.0140. The van der Waals surface area contributed by atoms with Gasteiger partial charge in [-0.25, -0.2) is 0 Å². The van der Waals surface area contributed by atoms with Gasteiger partial charge in [-0.05, 0) is 18.9 Å². The lowest BCUT2D eigenvalue weighted by atomic mass is 9.95. The fourth-order valence-corrected chi connectivity index (χ4v) is 4.36. The SMILES string of the molecule is O=C(CNC(=O)c1sc2ccccc2c1Cl)NC1CCCCC1. The zero-order valence-corrected chi connectivity index (χ0v) is 14.3. The molecule has 1 aromatic carbocycles. The maximum absolute atomic E-state index is 12.3. The van der Waals surface area contributed by atoms with Gasteiger partial charge in [0.05, 0.1) is 11.6 Å². The van der Waals surface area contributed by atoms with Crippen LogP contribution < -0.4 is 10.6 Å². The lowest BCUT2D eigenvalue weighted by Crippen LogP contribution is -2.42. The van der Waals surface area contributed by atoms with Gasteiger partial charge < -0.3 is 10.6 Å². The summed E-state index contributed by atoms with van der Waals surface area (Å²) in [5.74, 6) is -0.433. The van der Waals surface area contributed by atoms with Gasteiger partial charge in [-0.15, -0.1) is 11.3 Å². The molecule has 0 saturated heterocycles. The Hall–Kier alpha value is -1.59. The second-order valence-electron chi connectivity index (χ2n) is 5.83. The summed E-state index contributed by atoms with van der Waals surface area (Å²) < 4.78 is 0.967. The Morgan fingerprint density at radius 2 is 1.91 bits per heavy atom. The average Bonchev–Trinajstić information content (AvgIpc) is 2.91. The molecule has 1 aromatic heterocycles. The molecule has 0 bridgehead atoms. The van der Waals surface area contributed by atoms with Crippen molar-refractivity contribution < 1.29 is 9.59 Å². The Morgan fingerprint density at radius 3 is 2.65 bits per heavy atom. The highest BCUT2D eigenvalue weighted by molar-refractivity contribution is 7.21. The number of fused-ring (bicyclic) bond motifs is 1. The molecule has 6 heteroatoms. The normalized spacial score (nSPS) is 15.5. The predicted molar refractivity (Wildman–Crippen MR) is 94.2 cm³/mol. The average molecular weight is 351 g/mol. The van der Waals surface area contributed by atoms with Gasteiger partial charge in [0.25, 0.3) is 5.91 Å². The minimum absolute atomic E-state index is 0.0140. The van der Waals surface area contributed by atoms with Crippen molar-refractivity contribution in [3.63, 3.8) is 0 Å². The van der Waals surface area contributed by atoms with E-state index in [4.69, 9.17) is 11.6 Å². The van der Waals surface area contributed by atoms with E-state index in [0.29, 0.717) is 9.90 Å². The molecule has 4 nitrogen and oxygen atoms in total. The van der Waals surface area contributed by atoms with Crippen LogP contribution in [0.15, 0.2) is 24.3 Å². The van der Waals surface area contributed by atoms with Crippen molar-refractivity contribution in [3.8, 4) is 0 Å². The van der Waals surface area contributed by atoms with Crippen LogP contribution >= 0.6 is 22.9 Å². The molecule has 0 radical (unpaired) electrons. The maximum atomic E-state index is 12.3. The molecular weight excluding hydrogens is 332 g/mol.